The van der Waals surface area contributed by atoms with Crippen LogP contribution in [-0.4, -0.2) is 47.0 Å². The first-order valence-corrected chi connectivity index (χ1v) is 14.8. The smallest absolute Gasteiger partial charge is 0.210 e. The van der Waals surface area contributed by atoms with Crippen molar-refractivity contribution in [1.82, 2.24) is 9.30 Å². The predicted molar refractivity (Wildman–Crippen MR) is 158 cm³/mol. The van der Waals surface area contributed by atoms with Crippen LogP contribution in [0.2, 0.25) is 0 Å². The summed E-state index contributed by atoms with van der Waals surface area (Å²) in [6.07, 6.45) is 12.3. The van der Waals surface area contributed by atoms with Crippen LogP contribution in [0.5, 0.6) is 0 Å². The molecule has 0 saturated carbocycles. The zero-order valence-corrected chi connectivity index (χ0v) is 23.8. The molecule has 206 valence electrons. The van der Waals surface area contributed by atoms with E-state index in [4.69, 9.17) is 5.73 Å². The molecule has 0 atom stereocenters. The molecule has 5 heteroatoms. The zero-order valence-electron chi connectivity index (χ0n) is 23.8. The maximum absolute atomic E-state index is 13.7. The molecule has 0 radical (unpaired) electrons. The number of ketones is 2. The second-order valence-electron chi connectivity index (χ2n) is 10.5. The second kappa shape index (κ2) is 15.6. The van der Waals surface area contributed by atoms with Crippen LogP contribution < -0.4 is 5.73 Å². The number of rotatable bonds is 18. The molecule has 0 saturated heterocycles. The summed E-state index contributed by atoms with van der Waals surface area (Å²) in [6.45, 7) is 10.5. The van der Waals surface area contributed by atoms with Crippen LogP contribution in [0.1, 0.15) is 110 Å². The fourth-order valence-electron chi connectivity index (χ4n) is 5.06. The van der Waals surface area contributed by atoms with E-state index in [0.29, 0.717) is 29.8 Å². The number of carbonyl (C=O) groups is 2. The van der Waals surface area contributed by atoms with Gasteiger partial charge in [0.05, 0.1) is 5.69 Å². The topological polar surface area (TPSA) is 67.8 Å². The molecule has 0 spiro atoms. The van der Waals surface area contributed by atoms with Crippen molar-refractivity contribution in [3.05, 3.63) is 76.6 Å². The Morgan fingerprint density at radius 1 is 0.789 bits per heavy atom. The van der Waals surface area contributed by atoms with Crippen molar-refractivity contribution < 1.29 is 9.59 Å². The Bertz CT molecular complexity index is 1150. The zero-order chi connectivity index (χ0) is 27.3. The van der Waals surface area contributed by atoms with E-state index >= 15 is 0 Å². The number of fused-ring (bicyclic) bond motifs is 1. The maximum Gasteiger partial charge on any atom is 0.210 e. The molecule has 3 rings (SSSR count). The van der Waals surface area contributed by atoms with Crippen LogP contribution in [0.15, 0.2) is 48.7 Å². The molecule has 3 aromatic rings. The second-order valence-corrected chi connectivity index (χ2v) is 10.5. The minimum absolute atomic E-state index is 0.0358. The molecule has 0 aliphatic heterocycles. The van der Waals surface area contributed by atoms with E-state index in [1.54, 1.807) is 6.07 Å². The van der Waals surface area contributed by atoms with Gasteiger partial charge in [-0.25, -0.2) is 0 Å². The van der Waals surface area contributed by atoms with Crippen LogP contribution in [0, 0.1) is 0 Å². The lowest BCUT2D eigenvalue weighted by molar-refractivity contribution is 0.0984. The van der Waals surface area contributed by atoms with Gasteiger partial charge in [0.25, 0.3) is 0 Å². The summed E-state index contributed by atoms with van der Waals surface area (Å²) in [4.78, 5) is 28.7. The number of nitrogens with zero attached hydrogens (tertiary/aromatic N) is 2. The number of nitrogens with two attached hydrogens (primary N) is 1. The third-order valence-corrected chi connectivity index (χ3v) is 7.37. The summed E-state index contributed by atoms with van der Waals surface area (Å²) in [5, 5.41) is 0. The van der Waals surface area contributed by atoms with Gasteiger partial charge in [-0.1, -0.05) is 64.3 Å². The highest BCUT2D eigenvalue weighted by Gasteiger charge is 2.20. The molecule has 0 bridgehead atoms. The highest BCUT2D eigenvalue weighted by Crippen LogP contribution is 2.24. The Morgan fingerprint density at radius 3 is 2.08 bits per heavy atom. The van der Waals surface area contributed by atoms with Crippen molar-refractivity contribution >= 4 is 17.1 Å². The Balaban J connectivity index is 1.74. The Hall–Kier alpha value is -2.76. The number of pyridine rings is 1. The van der Waals surface area contributed by atoms with Gasteiger partial charge in [0.2, 0.25) is 5.78 Å². The molecule has 38 heavy (non-hydrogen) atoms. The lowest BCUT2D eigenvalue weighted by Gasteiger charge is -2.21. The average Bonchev–Trinajstić information content (AvgIpc) is 3.30. The van der Waals surface area contributed by atoms with Gasteiger partial charge in [0, 0.05) is 29.3 Å². The van der Waals surface area contributed by atoms with E-state index in [9.17, 15) is 9.59 Å². The number of unbranched alkanes of at least 4 members (excludes halogenated alkanes) is 3. The third-order valence-electron chi connectivity index (χ3n) is 7.37. The van der Waals surface area contributed by atoms with E-state index in [-0.39, 0.29) is 11.6 Å². The van der Waals surface area contributed by atoms with Crippen LogP contribution >= 0.6 is 0 Å². The molecule has 0 fully saturated rings. The summed E-state index contributed by atoms with van der Waals surface area (Å²) < 4.78 is 1.95. The highest BCUT2D eigenvalue weighted by molar-refractivity contribution is 6.10. The fourth-order valence-corrected chi connectivity index (χ4v) is 5.06. The van der Waals surface area contributed by atoms with Gasteiger partial charge in [0.15, 0.2) is 5.78 Å². The maximum atomic E-state index is 13.7. The number of aryl methyl sites for hydroxylation is 2. The van der Waals surface area contributed by atoms with Crippen molar-refractivity contribution in [3.8, 4) is 0 Å². The Morgan fingerprint density at radius 2 is 1.45 bits per heavy atom. The van der Waals surface area contributed by atoms with Gasteiger partial charge < -0.3 is 15.0 Å². The van der Waals surface area contributed by atoms with Crippen LogP contribution in [0.25, 0.3) is 5.52 Å². The van der Waals surface area contributed by atoms with E-state index < -0.39 is 0 Å². The Kier molecular flexibility index (Phi) is 12.2. The lowest BCUT2D eigenvalue weighted by atomic mass is 10.00. The first kappa shape index (κ1) is 29.8. The molecule has 0 amide bonds. The minimum atomic E-state index is 0.0358. The van der Waals surface area contributed by atoms with E-state index in [2.05, 4.69) is 43.9 Å². The number of hydrogen-bond donors (Lipinski definition) is 1. The molecule has 2 N–H and O–H groups in total. The molecule has 5 nitrogen and oxygen atoms in total. The predicted octanol–water partition coefficient (Wildman–Crippen LogP) is 6.88. The molecule has 0 aliphatic carbocycles. The quantitative estimate of drug-likeness (QED) is 0.187. The summed E-state index contributed by atoms with van der Waals surface area (Å²) in [5.41, 5.74) is 10.9. The third kappa shape index (κ3) is 8.12. The van der Waals surface area contributed by atoms with Gasteiger partial charge in [-0.2, -0.15) is 0 Å². The minimum Gasteiger partial charge on any atom is -0.330 e. The fraction of sp³-hybridized carbons (Fsp3) is 0.515. The summed E-state index contributed by atoms with van der Waals surface area (Å²) in [6, 6.07) is 13.9. The largest absolute Gasteiger partial charge is 0.330 e. The van der Waals surface area contributed by atoms with Gasteiger partial charge >= 0.3 is 0 Å². The number of hydrogen-bond acceptors (Lipinski definition) is 4. The first-order valence-electron chi connectivity index (χ1n) is 14.8. The van der Waals surface area contributed by atoms with E-state index in [0.717, 1.165) is 49.7 Å². The van der Waals surface area contributed by atoms with Crippen LogP contribution in [-0.2, 0) is 12.8 Å². The van der Waals surface area contributed by atoms with Crippen LogP contribution in [0.4, 0.5) is 0 Å². The molecular weight excluding hydrogens is 470 g/mol. The first-order chi connectivity index (χ1) is 18.5. The molecular formula is C33H47N3O2. The van der Waals surface area contributed by atoms with Gasteiger partial charge in [0.1, 0.15) is 0 Å². The Labute approximate surface area is 229 Å². The molecule has 2 aromatic heterocycles. The standard InChI is InChI=1S/C33H47N3O2/c1-4-7-12-29-25-30-24-28(31(37)17-19-34)18-23-36(30)32(29)33(38)27-15-13-26(14-16-27)11-10-22-35(20-8-5-2)21-9-6-3/h13-16,18,23-25H,4-12,17,19-22,34H2,1-3H3. The number of carbonyl (C=O) groups excluding carboxylic acids is 2. The van der Waals surface area contributed by atoms with E-state index in [1.807, 2.05) is 28.8 Å². The van der Waals surface area contributed by atoms with Crippen molar-refractivity contribution in [1.29, 1.82) is 0 Å². The van der Waals surface area contributed by atoms with Crippen molar-refractivity contribution in [2.24, 2.45) is 5.73 Å². The van der Waals surface area contributed by atoms with E-state index in [1.165, 1.54) is 44.3 Å². The van der Waals surface area contributed by atoms with Crippen molar-refractivity contribution in [2.75, 3.05) is 26.2 Å². The van der Waals surface area contributed by atoms with Crippen molar-refractivity contribution in [3.63, 3.8) is 0 Å². The average molecular weight is 518 g/mol. The van der Waals surface area contributed by atoms with Crippen LogP contribution in [0.3, 0.4) is 0 Å². The van der Waals surface area contributed by atoms with Gasteiger partial charge in [-0.05, 0) is 94.0 Å². The SMILES string of the molecule is CCCCc1cc2cc(C(=O)CCN)ccn2c1C(=O)c1ccc(CCCN(CCCC)CCCC)cc1. The van der Waals surface area contributed by atoms with Gasteiger partial charge in [-0.3, -0.25) is 9.59 Å². The number of benzene rings is 1. The number of aromatic nitrogens is 1. The summed E-state index contributed by atoms with van der Waals surface area (Å²) in [7, 11) is 0. The summed E-state index contributed by atoms with van der Waals surface area (Å²) >= 11 is 0. The number of Topliss-reactive ketones (excluding diaryl/α,β-unsaturated/α-hetero) is 1. The monoisotopic (exact) mass is 517 g/mol. The van der Waals surface area contributed by atoms with Crippen molar-refractivity contribution in [2.45, 2.75) is 85.0 Å². The normalized spacial score (nSPS) is 11.5. The molecule has 0 unspecified atom stereocenters. The highest BCUT2D eigenvalue weighted by atomic mass is 16.1. The molecule has 1 aromatic carbocycles. The molecule has 0 aliphatic rings. The molecule has 2 heterocycles. The van der Waals surface area contributed by atoms with Gasteiger partial charge in [-0.15, -0.1) is 0 Å². The lowest BCUT2D eigenvalue weighted by Crippen LogP contribution is -2.27. The summed E-state index contributed by atoms with van der Waals surface area (Å²) in [5.74, 6) is 0.0719.